The molecule has 0 fully saturated rings. The molecule has 0 aromatic heterocycles. The van der Waals surface area contributed by atoms with E-state index in [0.29, 0.717) is 0 Å². The molecule has 0 spiro atoms. The van der Waals surface area contributed by atoms with Gasteiger partial charge < -0.3 is 18.9 Å². The van der Waals surface area contributed by atoms with Crippen LogP contribution in [0.5, 0.6) is 0 Å². The van der Waals surface area contributed by atoms with E-state index < -0.39 is 17.7 Å². The largest absolute Gasteiger partial charge is 0.508 e. The molecule has 0 N–H and O–H groups in total. The van der Waals surface area contributed by atoms with E-state index in [1.807, 2.05) is 20.8 Å². The van der Waals surface area contributed by atoms with Crippen LogP contribution in [-0.2, 0) is 23.7 Å². The number of ether oxygens (including phenoxy) is 4. The summed E-state index contributed by atoms with van der Waals surface area (Å²) in [6, 6.07) is 0. The molecule has 4 unspecified atom stereocenters. The lowest BCUT2D eigenvalue weighted by Gasteiger charge is -2.33. The molecule has 0 amide bonds. The van der Waals surface area contributed by atoms with Gasteiger partial charge in [-0.05, 0) is 53.4 Å². The van der Waals surface area contributed by atoms with E-state index in [-0.39, 0.29) is 30.9 Å². The first-order chi connectivity index (χ1) is 17.1. The summed E-state index contributed by atoms with van der Waals surface area (Å²) in [7, 11) is 0. The number of carbonyl (C=O) groups is 2. The summed E-state index contributed by atoms with van der Waals surface area (Å²) >= 11 is 0. The lowest BCUT2D eigenvalue weighted by Crippen LogP contribution is -2.35. The Bertz CT molecular complexity index is 580. The molecule has 0 aromatic carbocycles. The van der Waals surface area contributed by atoms with Gasteiger partial charge in [0.05, 0.1) is 17.1 Å². The molecule has 36 heavy (non-hydrogen) atoms. The van der Waals surface area contributed by atoms with Gasteiger partial charge in [0.2, 0.25) is 0 Å². The highest BCUT2D eigenvalue weighted by atomic mass is 16.7. The predicted octanol–water partition coefficient (Wildman–Crippen LogP) is 8.78. The Hall–Kier alpha value is -1.30. The van der Waals surface area contributed by atoms with Crippen LogP contribution in [0.25, 0.3) is 0 Å². The maximum atomic E-state index is 12.6. The fourth-order valence-corrected chi connectivity index (χ4v) is 4.39. The molecule has 0 radical (unpaired) electrons. The summed E-state index contributed by atoms with van der Waals surface area (Å²) in [6.07, 6.45) is 13.7. The van der Waals surface area contributed by atoms with E-state index in [2.05, 4.69) is 27.7 Å². The molecular weight excluding hydrogens is 456 g/mol. The first-order valence-corrected chi connectivity index (χ1v) is 14.7. The molecule has 0 aliphatic carbocycles. The van der Waals surface area contributed by atoms with Crippen LogP contribution in [0.1, 0.15) is 145 Å². The molecule has 0 bridgehead atoms. The van der Waals surface area contributed by atoms with Gasteiger partial charge in [-0.1, -0.05) is 91.9 Å². The highest BCUT2D eigenvalue weighted by Crippen LogP contribution is 2.30. The third kappa shape index (κ3) is 15.7. The number of esters is 1. The molecule has 0 heterocycles. The SMILES string of the molecule is CCCCCCCC(C)(CCCCC)OC(C)COC(=O)OC(C)COC(=O)C(C)(CC)CCCC. The molecule has 214 valence electrons. The second-order valence-electron chi connectivity index (χ2n) is 11.1. The Balaban J connectivity index is 4.53. The molecule has 6 heteroatoms. The maximum absolute atomic E-state index is 12.6. The Kier molecular flexibility index (Phi) is 19.1. The van der Waals surface area contributed by atoms with Crippen LogP contribution >= 0.6 is 0 Å². The Morgan fingerprint density at radius 3 is 1.78 bits per heavy atom. The minimum absolute atomic E-state index is 0.0230. The first kappa shape index (κ1) is 34.7. The zero-order valence-electron chi connectivity index (χ0n) is 24.9. The van der Waals surface area contributed by atoms with Crippen LogP contribution in [0, 0.1) is 5.41 Å². The zero-order chi connectivity index (χ0) is 27.5. The third-order valence-electron chi connectivity index (χ3n) is 7.14. The Morgan fingerprint density at radius 2 is 1.19 bits per heavy atom. The minimum Gasteiger partial charge on any atom is -0.461 e. The van der Waals surface area contributed by atoms with E-state index >= 15 is 0 Å². The van der Waals surface area contributed by atoms with Crippen LogP contribution in [0.3, 0.4) is 0 Å². The normalized spacial score (nSPS) is 16.4. The summed E-state index contributed by atoms with van der Waals surface area (Å²) in [5, 5.41) is 0. The fraction of sp³-hybridized carbons (Fsp3) is 0.933. The summed E-state index contributed by atoms with van der Waals surface area (Å²) in [5.41, 5.74) is -0.706. The predicted molar refractivity (Wildman–Crippen MR) is 147 cm³/mol. The molecule has 0 rings (SSSR count). The minimum atomic E-state index is -0.759. The molecule has 0 saturated carbocycles. The summed E-state index contributed by atoms with van der Waals surface area (Å²) < 4.78 is 22.5. The molecule has 0 aliphatic heterocycles. The highest BCUT2D eigenvalue weighted by Gasteiger charge is 2.33. The van der Waals surface area contributed by atoms with Crippen LogP contribution in [0.4, 0.5) is 4.79 Å². The Labute approximate surface area is 222 Å². The van der Waals surface area contributed by atoms with Crippen LogP contribution in [-0.4, -0.2) is 43.1 Å². The van der Waals surface area contributed by atoms with E-state index in [0.717, 1.165) is 51.4 Å². The van der Waals surface area contributed by atoms with E-state index in [1.54, 1.807) is 6.92 Å². The van der Waals surface area contributed by atoms with Crippen molar-refractivity contribution < 1.29 is 28.5 Å². The van der Waals surface area contributed by atoms with Crippen LogP contribution in [0.2, 0.25) is 0 Å². The van der Waals surface area contributed by atoms with Crippen molar-refractivity contribution in [1.29, 1.82) is 0 Å². The molecule has 4 atom stereocenters. The van der Waals surface area contributed by atoms with Crippen molar-refractivity contribution in [2.75, 3.05) is 13.2 Å². The van der Waals surface area contributed by atoms with Gasteiger partial charge in [-0.25, -0.2) is 4.79 Å². The standard InChI is InChI=1S/C30H58O6/c1-9-13-16-17-19-22-30(8,21-18-14-10-2)36-26(6)24-34-28(32)35-25(5)23-33-27(31)29(7,12-4)20-15-11-3/h25-26H,9-24H2,1-8H3. The Morgan fingerprint density at radius 1 is 0.667 bits per heavy atom. The van der Waals surface area contributed by atoms with Crippen LogP contribution < -0.4 is 0 Å². The van der Waals surface area contributed by atoms with E-state index in [9.17, 15) is 9.59 Å². The maximum Gasteiger partial charge on any atom is 0.508 e. The van der Waals surface area contributed by atoms with Crippen molar-refractivity contribution in [3.05, 3.63) is 0 Å². The van der Waals surface area contributed by atoms with Gasteiger partial charge in [0.25, 0.3) is 0 Å². The zero-order valence-corrected chi connectivity index (χ0v) is 24.9. The van der Waals surface area contributed by atoms with Gasteiger partial charge in [-0.15, -0.1) is 0 Å². The topological polar surface area (TPSA) is 71.1 Å². The van der Waals surface area contributed by atoms with Crippen LogP contribution in [0.15, 0.2) is 0 Å². The highest BCUT2D eigenvalue weighted by molar-refractivity contribution is 5.76. The average Bonchev–Trinajstić information content (AvgIpc) is 2.84. The molecule has 6 nitrogen and oxygen atoms in total. The van der Waals surface area contributed by atoms with E-state index in [1.165, 1.54) is 38.5 Å². The van der Waals surface area contributed by atoms with Crippen molar-refractivity contribution in [2.24, 2.45) is 5.41 Å². The quantitative estimate of drug-likeness (QED) is 0.106. The smallest absolute Gasteiger partial charge is 0.461 e. The molecule has 0 aliphatic rings. The number of carbonyl (C=O) groups excluding carboxylic acids is 2. The summed E-state index contributed by atoms with van der Waals surface area (Å²) in [5.74, 6) is -0.235. The van der Waals surface area contributed by atoms with Gasteiger partial charge in [0.1, 0.15) is 19.3 Å². The average molecular weight is 515 g/mol. The number of hydrogen-bond donors (Lipinski definition) is 0. The third-order valence-corrected chi connectivity index (χ3v) is 7.14. The lowest BCUT2D eigenvalue weighted by atomic mass is 9.82. The number of unbranched alkanes of at least 4 members (excludes halogenated alkanes) is 7. The lowest BCUT2D eigenvalue weighted by molar-refractivity contribution is -0.159. The second kappa shape index (κ2) is 19.8. The van der Waals surface area contributed by atoms with Gasteiger partial charge in [0.15, 0.2) is 0 Å². The summed E-state index contributed by atoms with van der Waals surface area (Å²) in [6.45, 7) is 16.5. The van der Waals surface area contributed by atoms with Crippen molar-refractivity contribution >= 4 is 12.1 Å². The van der Waals surface area contributed by atoms with Crippen molar-refractivity contribution in [3.63, 3.8) is 0 Å². The van der Waals surface area contributed by atoms with Crippen molar-refractivity contribution in [1.82, 2.24) is 0 Å². The number of rotatable bonds is 22. The van der Waals surface area contributed by atoms with Gasteiger partial charge in [-0.3, -0.25) is 4.79 Å². The number of hydrogen-bond acceptors (Lipinski definition) is 6. The fourth-order valence-electron chi connectivity index (χ4n) is 4.39. The molecule has 0 aromatic rings. The van der Waals surface area contributed by atoms with Gasteiger partial charge in [-0.2, -0.15) is 0 Å². The van der Waals surface area contributed by atoms with Crippen molar-refractivity contribution in [3.8, 4) is 0 Å². The van der Waals surface area contributed by atoms with Crippen molar-refractivity contribution in [2.45, 2.75) is 163 Å². The van der Waals surface area contributed by atoms with E-state index in [4.69, 9.17) is 18.9 Å². The second-order valence-corrected chi connectivity index (χ2v) is 11.1. The van der Waals surface area contributed by atoms with Gasteiger partial charge >= 0.3 is 12.1 Å². The molecule has 0 saturated heterocycles. The first-order valence-electron chi connectivity index (χ1n) is 14.7. The molecular formula is C30H58O6. The monoisotopic (exact) mass is 514 g/mol. The summed E-state index contributed by atoms with van der Waals surface area (Å²) in [4.78, 5) is 24.8. The van der Waals surface area contributed by atoms with Gasteiger partial charge in [0, 0.05) is 0 Å².